The minimum absolute atomic E-state index is 0.343. The normalized spacial score (nSPS) is 27.8. The van der Waals surface area contributed by atoms with Crippen molar-refractivity contribution >= 4 is 0 Å². The summed E-state index contributed by atoms with van der Waals surface area (Å²) in [7, 11) is 4.04. The van der Waals surface area contributed by atoms with Crippen molar-refractivity contribution in [3.8, 4) is 6.07 Å². The summed E-state index contributed by atoms with van der Waals surface area (Å²) in [6.45, 7) is 3.66. The molecule has 1 saturated carbocycles. The van der Waals surface area contributed by atoms with Crippen molar-refractivity contribution in [1.29, 1.82) is 5.26 Å². The van der Waals surface area contributed by atoms with Gasteiger partial charge in [-0.1, -0.05) is 0 Å². The molecule has 0 bridgehead atoms. The molecule has 1 N–H and O–H groups in total. The molecule has 1 aliphatic heterocycles. The van der Waals surface area contributed by atoms with Crippen LogP contribution in [-0.4, -0.2) is 50.8 Å². The van der Waals surface area contributed by atoms with Crippen LogP contribution in [0.1, 0.15) is 25.7 Å². The van der Waals surface area contributed by atoms with Crippen LogP contribution in [0, 0.1) is 23.2 Å². The Balaban J connectivity index is 1.84. The second kappa shape index (κ2) is 6.01. The Morgan fingerprint density at radius 1 is 1.44 bits per heavy atom. The molecule has 1 aliphatic carbocycles. The Morgan fingerprint density at radius 3 is 2.72 bits per heavy atom. The predicted octanol–water partition coefficient (Wildman–Crippen LogP) is 1.24. The van der Waals surface area contributed by atoms with Crippen molar-refractivity contribution in [2.24, 2.45) is 11.8 Å². The fraction of sp³-hybridized carbons (Fsp3) is 0.929. The predicted molar refractivity (Wildman–Crippen MR) is 71.2 cm³/mol. The first-order chi connectivity index (χ1) is 8.70. The largest absolute Gasteiger partial charge is 0.381 e. The van der Waals surface area contributed by atoms with E-state index in [0.717, 1.165) is 26.3 Å². The summed E-state index contributed by atoms with van der Waals surface area (Å²) in [6.07, 6.45) is 4.81. The number of likely N-dealkylation sites (N-methyl/N-ethyl adjacent to an activating group) is 2. The topological polar surface area (TPSA) is 48.3 Å². The zero-order chi connectivity index (χ0) is 13.0. The highest BCUT2D eigenvalue weighted by Gasteiger charge is 2.45. The van der Waals surface area contributed by atoms with Crippen LogP contribution < -0.4 is 5.32 Å². The molecule has 4 heteroatoms. The zero-order valence-corrected chi connectivity index (χ0v) is 11.6. The van der Waals surface area contributed by atoms with Crippen LogP contribution in [0.2, 0.25) is 0 Å². The van der Waals surface area contributed by atoms with E-state index in [1.165, 1.54) is 25.7 Å². The first-order valence-electron chi connectivity index (χ1n) is 7.06. The van der Waals surface area contributed by atoms with E-state index in [4.69, 9.17) is 4.74 Å². The number of hydrogen-bond donors (Lipinski definition) is 1. The Hall–Kier alpha value is -0.630. The quantitative estimate of drug-likeness (QED) is 0.771. The van der Waals surface area contributed by atoms with Crippen molar-refractivity contribution in [3.05, 3.63) is 0 Å². The van der Waals surface area contributed by atoms with Gasteiger partial charge in [0.2, 0.25) is 0 Å². The molecular weight excluding hydrogens is 226 g/mol. The molecule has 4 nitrogen and oxygen atoms in total. The lowest BCUT2D eigenvalue weighted by Gasteiger charge is -2.34. The number of rotatable bonds is 6. The molecule has 2 fully saturated rings. The molecule has 0 radical (unpaired) electrons. The molecule has 0 spiro atoms. The third-order valence-electron chi connectivity index (χ3n) is 4.26. The number of hydrogen-bond acceptors (Lipinski definition) is 4. The van der Waals surface area contributed by atoms with Gasteiger partial charge in [0.05, 0.1) is 12.7 Å². The number of ether oxygens (including phenoxy) is 1. The maximum Gasteiger partial charge on any atom is 0.122 e. The van der Waals surface area contributed by atoms with E-state index in [2.05, 4.69) is 23.3 Å². The van der Waals surface area contributed by atoms with Crippen molar-refractivity contribution in [2.45, 2.75) is 31.2 Å². The smallest absolute Gasteiger partial charge is 0.122 e. The average Bonchev–Trinajstić information content (AvgIpc) is 3.22. The van der Waals surface area contributed by atoms with Gasteiger partial charge in [-0.25, -0.2) is 0 Å². The Morgan fingerprint density at radius 2 is 2.22 bits per heavy atom. The average molecular weight is 251 g/mol. The zero-order valence-electron chi connectivity index (χ0n) is 11.6. The van der Waals surface area contributed by atoms with Crippen LogP contribution in [0.3, 0.4) is 0 Å². The van der Waals surface area contributed by atoms with E-state index in [-0.39, 0.29) is 5.54 Å². The molecule has 18 heavy (non-hydrogen) atoms. The fourth-order valence-corrected chi connectivity index (χ4v) is 3.05. The summed E-state index contributed by atoms with van der Waals surface area (Å²) >= 11 is 0. The molecule has 1 heterocycles. The number of nitrogens with zero attached hydrogens (tertiary/aromatic N) is 2. The summed E-state index contributed by atoms with van der Waals surface area (Å²) in [5, 5.41) is 12.7. The highest BCUT2D eigenvalue weighted by atomic mass is 16.5. The Kier molecular flexibility index (Phi) is 4.60. The van der Waals surface area contributed by atoms with E-state index in [1.54, 1.807) is 0 Å². The highest BCUT2D eigenvalue weighted by molar-refractivity contribution is 5.16. The van der Waals surface area contributed by atoms with Crippen molar-refractivity contribution in [3.63, 3.8) is 0 Å². The fourth-order valence-electron chi connectivity index (χ4n) is 3.05. The number of nitrogens with one attached hydrogen (secondary N) is 1. The standard InChI is InChI=1S/C14H25N3O/c1-16-14(10-15,13-5-6-13)11-17(2)8-12-4-3-7-18-9-12/h12-13,16H,3-9,11H2,1-2H3. The Bertz CT molecular complexity index is 305. The lowest BCUT2D eigenvalue weighted by molar-refractivity contribution is 0.0392. The van der Waals surface area contributed by atoms with Gasteiger partial charge < -0.3 is 15.0 Å². The maximum absolute atomic E-state index is 9.48. The van der Waals surface area contributed by atoms with Gasteiger partial charge in [0.1, 0.15) is 5.54 Å². The van der Waals surface area contributed by atoms with Crippen LogP contribution in [0.4, 0.5) is 0 Å². The van der Waals surface area contributed by atoms with Gasteiger partial charge in [-0.3, -0.25) is 0 Å². The van der Waals surface area contributed by atoms with Crippen LogP contribution in [0.15, 0.2) is 0 Å². The van der Waals surface area contributed by atoms with E-state index in [9.17, 15) is 5.26 Å². The highest BCUT2D eigenvalue weighted by Crippen LogP contribution is 2.39. The SMILES string of the molecule is CNC(C#N)(CN(C)CC1CCCOC1)C1CC1. The second-order valence-corrected chi connectivity index (χ2v) is 5.89. The van der Waals surface area contributed by atoms with Crippen molar-refractivity contribution in [2.75, 3.05) is 40.4 Å². The first-order valence-corrected chi connectivity index (χ1v) is 7.06. The minimum atomic E-state index is -0.343. The third-order valence-corrected chi connectivity index (χ3v) is 4.26. The monoisotopic (exact) mass is 251 g/mol. The molecule has 2 aliphatic rings. The van der Waals surface area contributed by atoms with Gasteiger partial charge in [-0.05, 0) is 51.6 Å². The molecule has 1 saturated heterocycles. The van der Waals surface area contributed by atoms with Crippen LogP contribution >= 0.6 is 0 Å². The van der Waals surface area contributed by atoms with E-state index in [0.29, 0.717) is 11.8 Å². The molecule has 0 amide bonds. The number of nitriles is 1. The van der Waals surface area contributed by atoms with Crippen molar-refractivity contribution < 1.29 is 4.74 Å². The van der Waals surface area contributed by atoms with Gasteiger partial charge in [0, 0.05) is 19.7 Å². The molecule has 0 aromatic heterocycles. The molecule has 2 atom stereocenters. The first kappa shape index (κ1) is 13.8. The molecule has 2 rings (SSSR count). The maximum atomic E-state index is 9.48. The summed E-state index contributed by atoms with van der Waals surface area (Å²) in [5.41, 5.74) is -0.343. The molecular formula is C14H25N3O. The lowest BCUT2D eigenvalue weighted by Crippen LogP contribution is -2.53. The van der Waals surface area contributed by atoms with Gasteiger partial charge >= 0.3 is 0 Å². The van der Waals surface area contributed by atoms with Crippen LogP contribution in [0.5, 0.6) is 0 Å². The van der Waals surface area contributed by atoms with E-state index < -0.39 is 0 Å². The van der Waals surface area contributed by atoms with Crippen LogP contribution in [-0.2, 0) is 4.74 Å². The van der Waals surface area contributed by atoms with Gasteiger partial charge in [0.15, 0.2) is 0 Å². The summed E-state index contributed by atoms with van der Waals surface area (Å²) in [6, 6.07) is 2.51. The van der Waals surface area contributed by atoms with Gasteiger partial charge in [-0.15, -0.1) is 0 Å². The minimum Gasteiger partial charge on any atom is -0.381 e. The molecule has 0 aromatic rings. The summed E-state index contributed by atoms with van der Waals surface area (Å²) < 4.78 is 5.52. The molecule has 102 valence electrons. The lowest BCUT2D eigenvalue weighted by atomic mass is 9.93. The van der Waals surface area contributed by atoms with Gasteiger partial charge in [-0.2, -0.15) is 5.26 Å². The second-order valence-electron chi connectivity index (χ2n) is 5.89. The molecule has 0 aromatic carbocycles. The van der Waals surface area contributed by atoms with Crippen LogP contribution in [0.25, 0.3) is 0 Å². The Labute approximate surface area is 110 Å². The van der Waals surface area contributed by atoms with Gasteiger partial charge in [0.25, 0.3) is 0 Å². The van der Waals surface area contributed by atoms with E-state index in [1.807, 2.05) is 7.05 Å². The summed E-state index contributed by atoms with van der Waals surface area (Å²) in [5.74, 6) is 1.17. The van der Waals surface area contributed by atoms with Crippen molar-refractivity contribution in [1.82, 2.24) is 10.2 Å². The summed E-state index contributed by atoms with van der Waals surface area (Å²) in [4.78, 5) is 2.30. The van der Waals surface area contributed by atoms with E-state index >= 15 is 0 Å². The third kappa shape index (κ3) is 3.23. The molecule has 2 unspecified atom stereocenters.